The largest absolute Gasteiger partial charge is 0.493 e. The molecule has 2 rings (SSSR count). The quantitative estimate of drug-likeness (QED) is 0.858. The zero-order valence-corrected chi connectivity index (χ0v) is 9.45. The van der Waals surface area contributed by atoms with Gasteiger partial charge in [-0.3, -0.25) is 0 Å². The van der Waals surface area contributed by atoms with Gasteiger partial charge in [-0.05, 0) is 6.07 Å². The molecule has 4 nitrogen and oxygen atoms in total. The van der Waals surface area contributed by atoms with Gasteiger partial charge in [0.05, 0.1) is 20.3 Å². The monoisotopic (exact) mass is 221 g/mol. The van der Waals surface area contributed by atoms with Gasteiger partial charge in [0.2, 0.25) is 0 Å². The second-order valence-electron chi connectivity index (χ2n) is 3.48. The Morgan fingerprint density at radius 3 is 2.75 bits per heavy atom. The predicted octanol–water partition coefficient (Wildman–Crippen LogP) is 2.05. The second kappa shape index (κ2) is 4.55. The summed E-state index contributed by atoms with van der Waals surface area (Å²) in [5.74, 6) is 1.47. The Balaban J connectivity index is 2.66. The molecule has 16 heavy (non-hydrogen) atoms. The van der Waals surface area contributed by atoms with Crippen LogP contribution in [0.1, 0.15) is 11.3 Å². The van der Waals surface area contributed by atoms with Crippen LogP contribution in [0, 0.1) is 0 Å². The van der Waals surface area contributed by atoms with Gasteiger partial charge in [0.1, 0.15) is 5.76 Å². The van der Waals surface area contributed by atoms with Crippen LogP contribution in [0.2, 0.25) is 0 Å². The van der Waals surface area contributed by atoms with E-state index in [-0.39, 0.29) is 0 Å². The van der Waals surface area contributed by atoms with Crippen molar-refractivity contribution in [1.82, 2.24) is 0 Å². The number of fused-ring (bicyclic) bond motifs is 1. The molecule has 1 heterocycles. The summed E-state index contributed by atoms with van der Waals surface area (Å²) in [6.07, 6.45) is 0. The van der Waals surface area contributed by atoms with Crippen LogP contribution < -0.4 is 10.5 Å². The van der Waals surface area contributed by atoms with Crippen molar-refractivity contribution < 1.29 is 13.9 Å². The molecule has 0 aliphatic carbocycles. The number of methoxy groups -OCH3 is 2. The Labute approximate surface area is 93.9 Å². The van der Waals surface area contributed by atoms with Crippen molar-refractivity contribution in [2.45, 2.75) is 13.2 Å². The summed E-state index contributed by atoms with van der Waals surface area (Å²) in [7, 11) is 3.27. The first-order valence-corrected chi connectivity index (χ1v) is 5.08. The summed E-state index contributed by atoms with van der Waals surface area (Å²) < 4.78 is 16.1. The van der Waals surface area contributed by atoms with E-state index in [1.807, 2.05) is 18.2 Å². The lowest BCUT2D eigenvalue weighted by Gasteiger charge is -2.00. The predicted molar refractivity (Wildman–Crippen MR) is 61.4 cm³/mol. The zero-order valence-electron chi connectivity index (χ0n) is 9.45. The van der Waals surface area contributed by atoms with Gasteiger partial charge in [0, 0.05) is 18.1 Å². The third-order valence-electron chi connectivity index (χ3n) is 2.56. The molecule has 0 unspecified atom stereocenters. The molecule has 86 valence electrons. The van der Waals surface area contributed by atoms with Gasteiger partial charge in [-0.1, -0.05) is 12.1 Å². The summed E-state index contributed by atoms with van der Waals surface area (Å²) in [6.45, 7) is 0.850. The fourth-order valence-electron chi connectivity index (χ4n) is 1.82. The van der Waals surface area contributed by atoms with Crippen molar-refractivity contribution in [1.29, 1.82) is 0 Å². The van der Waals surface area contributed by atoms with E-state index < -0.39 is 0 Å². The van der Waals surface area contributed by atoms with E-state index in [0.29, 0.717) is 13.2 Å². The van der Waals surface area contributed by atoms with Crippen molar-refractivity contribution in [2.24, 2.45) is 5.73 Å². The Morgan fingerprint density at radius 1 is 1.31 bits per heavy atom. The fraction of sp³-hybridized carbons (Fsp3) is 0.333. The minimum atomic E-state index is 0.358. The van der Waals surface area contributed by atoms with Crippen molar-refractivity contribution in [3.8, 4) is 5.75 Å². The molecule has 0 aliphatic rings. The minimum absolute atomic E-state index is 0.358. The van der Waals surface area contributed by atoms with E-state index in [9.17, 15) is 0 Å². The topological polar surface area (TPSA) is 57.6 Å². The van der Waals surface area contributed by atoms with Crippen LogP contribution in [0.3, 0.4) is 0 Å². The van der Waals surface area contributed by atoms with Crippen LogP contribution in [-0.2, 0) is 17.9 Å². The van der Waals surface area contributed by atoms with Gasteiger partial charge in [-0.2, -0.15) is 0 Å². The van der Waals surface area contributed by atoms with Crippen molar-refractivity contribution >= 4 is 11.0 Å². The van der Waals surface area contributed by atoms with Gasteiger partial charge < -0.3 is 19.6 Å². The number of benzene rings is 1. The minimum Gasteiger partial charge on any atom is -0.493 e. The van der Waals surface area contributed by atoms with Crippen molar-refractivity contribution in [2.75, 3.05) is 14.2 Å². The Hall–Kier alpha value is -1.52. The van der Waals surface area contributed by atoms with Gasteiger partial charge >= 0.3 is 0 Å². The molecule has 2 N–H and O–H groups in total. The molecule has 1 aromatic carbocycles. The van der Waals surface area contributed by atoms with Crippen LogP contribution in [0.5, 0.6) is 5.75 Å². The zero-order chi connectivity index (χ0) is 11.5. The van der Waals surface area contributed by atoms with Gasteiger partial charge in [0.15, 0.2) is 11.3 Å². The molecular formula is C12H15NO3. The van der Waals surface area contributed by atoms with E-state index in [0.717, 1.165) is 28.0 Å². The van der Waals surface area contributed by atoms with E-state index in [1.54, 1.807) is 14.2 Å². The van der Waals surface area contributed by atoms with Crippen LogP contribution >= 0.6 is 0 Å². The lowest BCUT2D eigenvalue weighted by Crippen LogP contribution is -1.99. The summed E-state index contributed by atoms with van der Waals surface area (Å²) in [6, 6.07) is 5.77. The highest BCUT2D eigenvalue weighted by atomic mass is 16.5. The average Bonchev–Trinajstić information content (AvgIpc) is 2.68. The van der Waals surface area contributed by atoms with E-state index in [4.69, 9.17) is 19.6 Å². The SMILES string of the molecule is COCc1c(CN)oc2c(OC)cccc12. The maximum atomic E-state index is 5.69. The molecule has 0 spiro atoms. The lowest BCUT2D eigenvalue weighted by molar-refractivity contribution is 0.184. The number of furan rings is 1. The summed E-state index contributed by atoms with van der Waals surface area (Å²) in [5, 5.41) is 1.00. The smallest absolute Gasteiger partial charge is 0.176 e. The number of hydrogen-bond acceptors (Lipinski definition) is 4. The second-order valence-corrected chi connectivity index (χ2v) is 3.48. The first kappa shape index (κ1) is 11.0. The lowest BCUT2D eigenvalue weighted by atomic mass is 10.1. The third-order valence-corrected chi connectivity index (χ3v) is 2.56. The summed E-state index contributed by atoms with van der Waals surface area (Å²) in [4.78, 5) is 0. The number of ether oxygens (including phenoxy) is 2. The molecule has 0 fully saturated rings. The maximum Gasteiger partial charge on any atom is 0.176 e. The first-order valence-electron chi connectivity index (χ1n) is 5.08. The molecule has 0 aliphatic heterocycles. The Kier molecular flexibility index (Phi) is 3.12. The highest BCUT2D eigenvalue weighted by Crippen LogP contribution is 2.32. The third kappa shape index (κ3) is 1.66. The van der Waals surface area contributed by atoms with Crippen molar-refractivity contribution in [3.05, 3.63) is 29.5 Å². The fourth-order valence-corrected chi connectivity index (χ4v) is 1.82. The summed E-state index contributed by atoms with van der Waals surface area (Å²) in [5.41, 5.74) is 7.38. The van der Waals surface area contributed by atoms with Crippen LogP contribution in [0.4, 0.5) is 0 Å². The number of nitrogens with two attached hydrogens (primary N) is 1. The van der Waals surface area contributed by atoms with Gasteiger partial charge in [-0.25, -0.2) is 0 Å². The molecule has 4 heteroatoms. The van der Waals surface area contributed by atoms with Crippen LogP contribution in [-0.4, -0.2) is 14.2 Å². The standard InChI is InChI=1S/C12H15NO3/c1-14-7-9-8-4-3-5-10(15-2)12(8)16-11(9)6-13/h3-5H,6-7,13H2,1-2H3. The molecule has 0 saturated carbocycles. The van der Waals surface area contributed by atoms with Crippen molar-refractivity contribution in [3.63, 3.8) is 0 Å². The Bertz CT molecular complexity index is 490. The highest BCUT2D eigenvalue weighted by molar-refractivity contribution is 5.87. The van der Waals surface area contributed by atoms with E-state index >= 15 is 0 Å². The maximum absolute atomic E-state index is 5.69. The molecular weight excluding hydrogens is 206 g/mol. The van der Waals surface area contributed by atoms with Crippen LogP contribution in [0.25, 0.3) is 11.0 Å². The molecule has 1 aromatic heterocycles. The Morgan fingerprint density at radius 2 is 2.12 bits per heavy atom. The first-order chi connectivity index (χ1) is 7.81. The van der Waals surface area contributed by atoms with E-state index in [2.05, 4.69) is 0 Å². The summed E-state index contributed by atoms with van der Waals surface area (Å²) >= 11 is 0. The molecule has 0 amide bonds. The molecule has 0 atom stereocenters. The normalized spacial score (nSPS) is 10.9. The molecule has 0 radical (unpaired) electrons. The van der Waals surface area contributed by atoms with Gasteiger partial charge in [0.25, 0.3) is 0 Å². The molecule has 2 aromatic rings. The molecule has 0 saturated heterocycles. The number of rotatable bonds is 4. The molecule has 0 bridgehead atoms. The van der Waals surface area contributed by atoms with E-state index in [1.165, 1.54) is 0 Å². The number of hydrogen-bond donors (Lipinski definition) is 1. The highest BCUT2D eigenvalue weighted by Gasteiger charge is 2.15. The number of para-hydroxylation sites is 1. The van der Waals surface area contributed by atoms with Crippen LogP contribution in [0.15, 0.2) is 22.6 Å². The average molecular weight is 221 g/mol. The van der Waals surface area contributed by atoms with Gasteiger partial charge in [-0.15, -0.1) is 0 Å².